The Kier molecular flexibility index (Phi) is 3.67. The average Bonchev–Trinajstić information content (AvgIpc) is 3.27. The molecule has 0 saturated heterocycles. The van der Waals surface area contributed by atoms with E-state index in [4.69, 9.17) is 4.98 Å². The monoisotopic (exact) mass is 315 g/mol. The minimum Gasteiger partial charge on any atom is -0.360 e. The number of H-pyrrole nitrogens is 2. The topological polar surface area (TPSA) is 70.2 Å². The van der Waals surface area contributed by atoms with Crippen LogP contribution in [0, 0.1) is 6.92 Å². The van der Waals surface area contributed by atoms with Crippen LogP contribution in [0.5, 0.6) is 0 Å². The number of nitrogens with zero attached hydrogens (tertiary/aromatic N) is 3. The molecule has 0 fully saturated rings. The maximum atomic E-state index is 4.73. The van der Waals surface area contributed by atoms with Crippen LogP contribution in [0.2, 0.25) is 0 Å². The van der Waals surface area contributed by atoms with Crippen LogP contribution in [-0.4, -0.2) is 25.1 Å². The highest BCUT2D eigenvalue weighted by Gasteiger charge is 2.07. The molecule has 4 rings (SSSR count). The Hall–Kier alpha value is -3.21. The van der Waals surface area contributed by atoms with Crippen molar-refractivity contribution in [2.24, 2.45) is 0 Å². The van der Waals surface area contributed by atoms with E-state index in [2.05, 4.69) is 26.2 Å². The molecular weight excluding hydrogens is 298 g/mol. The van der Waals surface area contributed by atoms with Crippen molar-refractivity contribution >= 4 is 0 Å². The highest BCUT2D eigenvalue weighted by Crippen LogP contribution is 2.19. The van der Waals surface area contributed by atoms with E-state index in [1.807, 2.05) is 61.8 Å². The molecule has 0 aliphatic carbocycles. The summed E-state index contributed by atoms with van der Waals surface area (Å²) in [6, 6.07) is 16.2. The van der Waals surface area contributed by atoms with Gasteiger partial charge in [0.05, 0.1) is 17.1 Å². The standard InChI is InChI=1S/C19H17N5/c1-13-10-19(24-23-13)17-5-2-4-15(22-17)11-14-7-9-21-18(12-14)16-6-3-8-20-16/h2-10,12,20H,11H2,1H3,(H,23,24). The van der Waals surface area contributed by atoms with Gasteiger partial charge >= 0.3 is 0 Å². The Morgan fingerprint density at radius 3 is 2.71 bits per heavy atom. The molecule has 0 aromatic carbocycles. The molecule has 2 N–H and O–H groups in total. The molecule has 0 aliphatic rings. The van der Waals surface area contributed by atoms with Gasteiger partial charge in [-0.1, -0.05) is 6.07 Å². The predicted molar refractivity (Wildman–Crippen MR) is 93.4 cm³/mol. The molecule has 4 aromatic heterocycles. The van der Waals surface area contributed by atoms with Crippen LogP contribution >= 0.6 is 0 Å². The van der Waals surface area contributed by atoms with Gasteiger partial charge in [-0.25, -0.2) is 0 Å². The van der Waals surface area contributed by atoms with Crippen LogP contribution in [0.1, 0.15) is 17.0 Å². The van der Waals surface area contributed by atoms with Crippen LogP contribution in [0.25, 0.3) is 22.8 Å². The molecular formula is C19H17N5. The molecule has 0 spiro atoms. The number of hydrogen-bond acceptors (Lipinski definition) is 3. The smallest absolute Gasteiger partial charge is 0.111 e. The molecule has 4 aromatic rings. The Morgan fingerprint density at radius 2 is 1.92 bits per heavy atom. The van der Waals surface area contributed by atoms with Gasteiger partial charge in [-0.15, -0.1) is 0 Å². The zero-order valence-electron chi connectivity index (χ0n) is 13.3. The summed E-state index contributed by atoms with van der Waals surface area (Å²) in [5.41, 5.74) is 6.94. The third-order valence-electron chi connectivity index (χ3n) is 3.86. The van der Waals surface area contributed by atoms with Crippen molar-refractivity contribution in [1.29, 1.82) is 0 Å². The quantitative estimate of drug-likeness (QED) is 0.602. The fourth-order valence-corrected chi connectivity index (χ4v) is 2.70. The predicted octanol–water partition coefficient (Wildman–Crippen LogP) is 3.76. The molecule has 118 valence electrons. The van der Waals surface area contributed by atoms with Crippen molar-refractivity contribution in [3.63, 3.8) is 0 Å². The zero-order chi connectivity index (χ0) is 16.4. The summed E-state index contributed by atoms with van der Waals surface area (Å²) < 4.78 is 0. The lowest BCUT2D eigenvalue weighted by Gasteiger charge is -2.05. The second-order valence-electron chi connectivity index (χ2n) is 5.76. The van der Waals surface area contributed by atoms with Crippen molar-refractivity contribution < 1.29 is 0 Å². The number of aromatic nitrogens is 5. The zero-order valence-corrected chi connectivity index (χ0v) is 13.3. The lowest BCUT2D eigenvalue weighted by atomic mass is 10.1. The summed E-state index contributed by atoms with van der Waals surface area (Å²) in [7, 11) is 0. The van der Waals surface area contributed by atoms with E-state index >= 15 is 0 Å². The lowest BCUT2D eigenvalue weighted by Crippen LogP contribution is -1.95. The minimum atomic E-state index is 0.757. The summed E-state index contributed by atoms with van der Waals surface area (Å²) in [6.45, 7) is 1.99. The number of aromatic amines is 2. The fraction of sp³-hybridized carbons (Fsp3) is 0.105. The molecule has 5 heteroatoms. The molecule has 24 heavy (non-hydrogen) atoms. The summed E-state index contributed by atoms with van der Waals surface area (Å²) in [5.74, 6) is 0. The van der Waals surface area contributed by atoms with Crippen molar-refractivity contribution in [1.82, 2.24) is 25.1 Å². The largest absolute Gasteiger partial charge is 0.360 e. The van der Waals surface area contributed by atoms with E-state index < -0.39 is 0 Å². The molecule has 4 heterocycles. The molecule has 0 atom stereocenters. The molecule has 0 amide bonds. The van der Waals surface area contributed by atoms with Crippen molar-refractivity contribution in [2.45, 2.75) is 13.3 Å². The Bertz CT molecular complexity index is 953. The van der Waals surface area contributed by atoms with E-state index in [1.54, 1.807) is 0 Å². The van der Waals surface area contributed by atoms with E-state index in [9.17, 15) is 0 Å². The summed E-state index contributed by atoms with van der Waals surface area (Å²) >= 11 is 0. The van der Waals surface area contributed by atoms with Crippen LogP contribution in [0.4, 0.5) is 0 Å². The van der Waals surface area contributed by atoms with Gasteiger partial charge < -0.3 is 4.98 Å². The van der Waals surface area contributed by atoms with E-state index in [0.29, 0.717) is 0 Å². The van der Waals surface area contributed by atoms with Crippen molar-refractivity contribution in [2.75, 3.05) is 0 Å². The molecule has 5 nitrogen and oxygen atoms in total. The first-order valence-corrected chi connectivity index (χ1v) is 7.85. The average molecular weight is 315 g/mol. The van der Waals surface area contributed by atoms with Crippen LogP contribution < -0.4 is 0 Å². The van der Waals surface area contributed by atoms with Crippen LogP contribution in [0.3, 0.4) is 0 Å². The second-order valence-corrected chi connectivity index (χ2v) is 5.76. The van der Waals surface area contributed by atoms with E-state index in [-0.39, 0.29) is 0 Å². The molecule has 0 radical (unpaired) electrons. The number of pyridine rings is 2. The van der Waals surface area contributed by atoms with Crippen LogP contribution in [0.15, 0.2) is 60.9 Å². The SMILES string of the molecule is Cc1cc(-c2cccc(Cc3ccnc(-c4ccc[nH]4)c3)n2)n[nH]1. The van der Waals surface area contributed by atoms with Crippen molar-refractivity contribution in [3.05, 3.63) is 77.9 Å². The molecule has 0 bridgehead atoms. The van der Waals surface area contributed by atoms with Crippen molar-refractivity contribution in [3.8, 4) is 22.8 Å². The molecule has 0 aliphatic heterocycles. The van der Waals surface area contributed by atoms with Gasteiger partial charge in [-0.3, -0.25) is 15.1 Å². The Morgan fingerprint density at radius 1 is 0.958 bits per heavy atom. The highest BCUT2D eigenvalue weighted by atomic mass is 15.1. The van der Waals surface area contributed by atoms with Gasteiger partial charge in [0, 0.05) is 30.2 Å². The van der Waals surface area contributed by atoms with Gasteiger partial charge in [0.2, 0.25) is 0 Å². The minimum absolute atomic E-state index is 0.757. The number of rotatable bonds is 4. The third-order valence-corrected chi connectivity index (χ3v) is 3.86. The van der Waals surface area contributed by atoms with E-state index in [0.717, 1.165) is 40.6 Å². The molecule has 0 saturated carbocycles. The first kappa shape index (κ1) is 14.4. The Labute approximate surface area is 139 Å². The van der Waals surface area contributed by atoms with Gasteiger partial charge in [-0.2, -0.15) is 5.10 Å². The number of aryl methyl sites for hydroxylation is 1. The highest BCUT2D eigenvalue weighted by molar-refractivity contribution is 5.56. The van der Waals surface area contributed by atoms with Gasteiger partial charge in [0.25, 0.3) is 0 Å². The lowest BCUT2D eigenvalue weighted by molar-refractivity contribution is 1.03. The number of hydrogen-bond donors (Lipinski definition) is 2. The maximum absolute atomic E-state index is 4.73. The van der Waals surface area contributed by atoms with Crippen LogP contribution in [-0.2, 0) is 6.42 Å². The maximum Gasteiger partial charge on any atom is 0.111 e. The molecule has 0 unspecified atom stereocenters. The normalized spacial score (nSPS) is 10.9. The third kappa shape index (κ3) is 2.96. The van der Waals surface area contributed by atoms with E-state index in [1.165, 1.54) is 5.56 Å². The fourth-order valence-electron chi connectivity index (χ4n) is 2.70. The summed E-state index contributed by atoms with van der Waals surface area (Å²) in [5, 5.41) is 7.24. The Balaban J connectivity index is 1.61. The first-order valence-electron chi connectivity index (χ1n) is 7.85. The summed E-state index contributed by atoms with van der Waals surface area (Å²) in [4.78, 5) is 12.3. The number of nitrogens with one attached hydrogen (secondary N) is 2. The van der Waals surface area contributed by atoms with Gasteiger partial charge in [0.15, 0.2) is 0 Å². The second kappa shape index (κ2) is 6.12. The van der Waals surface area contributed by atoms with Gasteiger partial charge in [0.1, 0.15) is 5.69 Å². The van der Waals surface area contributed by atoms with Gasteiger partial charge in [-0.05, 0) is 55.0 Å². The first-order chi connectivity index (χ1) is 11.8. The summed E-state index contributed by atoms with van der Waals surface area (Å²) in [6.07, 6.45) is 4.50.